The Morgan fingerprint density at radius 1 is 1.06 bits per heavy atom. The van der Waals surface area contributed by atoms with Crippen molar-refractivity contribution in [2.45, 2.75) is 104 Å². The predicted molar refractivity (Wildman–Crippen MR) is 133 cm³/mol. The fraction of sp³-hybridized carbons (Fsp3) is 0.767. The third-order valence-corrected chi connectivity index (χ3v) is 11.1. The van der Waals surface area contributed by atoms with Crippen LogP contribution >= 0.6 is 0 Å². The highest BCUT2D eigenvalue weighted by Crippen LogP contribution is 2.67. The first-order valence-electron chi connectivity index (χ1n) is 13.6. The summed E-state index contributed by atoms with van der Waals surface area (Å²) in [6.07, 6.45) is 17.3. The van der Waals surface area contributed by atoms with Gasteiger partial charge in [-0.15, -0.1) is 0 Å². The molecule has 3 nitrogen and oxygen atoms in total. The molecule has 0 aliphatic heterocycles. The van der Waals surface area contributed by atoms with E-state index in [1.165, 1.54) is 32.1 Å². The Kier molecular flexibility index (Phi) is 6.05. The lowest BCUT2D eigenvalue weighted by Crippen LogP contribution is -2.52. The summed E-state index contributed by atoms with van der Waals surface area (Å²) in [7, 11) is 0. The van der Waals surface area contributed by atoms with E-state index in [1.54, 1.807) is 18.0 Å². The van der Waals surface area contributed by atoms with E-state index in [1.807, 2.05) is 19.1 Å². The topological polar surface area (TPSA) is 53.4 Å². The van der Waals surface area contributed by atoms with Gasteiger partial charge in [-0.1, -0.05) is 38.5 Å². The van der Waals surface area contributed by atoms with Crippen LogP contribution < -0.4 is 0 Å². The molecule has 3 heteroatoms. The molecule has 0 aromatic carbocycles. The van der Waals surface area contributed by atoms with Gasteiger partial charge in [0.05, 0.1) is 11.7 Å². The number of rotatable bonds is 5. The van der Waals surface area contributed by atoms with Crippen molar-refractivity contribution in [3.05, 3.63) is 41.7 Å². The van der Waals surface area contributed by atoms with E-state index >= 15 is 0 Å². The second kappa shape index (κ2) is 8.48. The van der Waals surface area contributed by atoms with Crippen molar-refractivity contribution < 1.29 is 10.2 Å². The Morgan fingerprint density at radius 3 is 2.64 bits per heavy atom. The zero-order valence-electron chi connectivity index (χ0n) is 21.3. The van der Waals surface area contributed by atoms with Crippen LogP contribution in [0.5, 0.6) is 0 Å². The molecule has 0 radical (unpaired) electrons. The van der Waals surface area contributed by atoms with Crippen LogP contribution in [0.4, 0.5) is 0 Å². The van der Waals surface area contributed by atoms with Crippen molar-refractivity contribution in [2.24, 2.45) is 40.4 Å². The Labute approximate surface area is 201 Å². The van der Waals surface area contributed by atoms with Gasteiger partial charge in [-0.25, -0.2) is 0 Å². The third kappa shape index (κ3) is 4.01. The first-order chi connectivity index (χ1) is 15.6. The van der Waals surface area contributed by atoms with Crippen LogP contribution in [0, 0.1) is 40.4 Å². The number of pyridine rings is 1. The normalized spacial score (nSPS) is 44.2. The maximum atomic E-state index is 10.7. The van der Waals surface area contributed by atoms with Gasteiger partial charge in [0, 0.05) is 12.4 Å². The van der Waals surface area contributed by atoms with Gasteiger partial charge in [-0.2, -0.15) is 0 Å². The lowest BCUT2D eigenvalue weighted by atomic mass is 9.46. The van der Waals surface area contributed by atoms with Crippen molar-refractivity contribution in [1.82, 2.24) is 4.98 Å². The highest BCUT2D eigenvalue weighted by Gasteiger charge is 2.59. The molecule has 4 aliphatic rings. The van der Waals surface area contributed by atoms with Crippen molar-refractivity contribution in [3.63, 3.8) is 0 Å². The standard InChI is InChI=1S/C30H45NO2/c1-20(7-12-27(32)21-6-5-17-31-19-21)24-10-11-25-23-9-8-22-18-28(2,33)15-16-29(22,3)26(23)13-14-30(24,25)4/h5-6,8,17,19-20,23-27,32-33H,7,9-16,18H2,1-4H3/t20-,23+,24-,25+,26?,27?,28+,29+,30-/m1/s1. The number of aliphatic hydroxyl groups excluding tert-OH is 1. The fourth-order valence-electron chi connectivity index (χ4n) is 9.14. The molecule has 9 atom stereocenters. The average molecular weight is 452 g/mol. The molecule has 0 amide bonds. The monoisotopic (exact) mass is 451 g/mol. The summed E-state index contributed by atoms with van der Waals surface area (Å²) in [5.41, 5.74) is 2.77. The summed E-state index contributed by atoms with van der Waals surface area (Å²) < 4.78 is 0. The van der Waals surface area contributed by atoms with Crippen molar-refractivity contribution in [2.75, 3.05) is 0 Å². The molecule has 1 aromatic rings. The molecule has 1 heterocycles. The number of aliphatic hydroxyl groups is 2. The lowest BCUT2D eigenvalue weighted by molar-refractivity contribution is -0.0708. The molecule has 0 spiro atoms. The van der Waals surface area contributed by atoms with Gasteiger partial charge in [0.15, 0.2) is 0 Å². The number of aromatic nitrogens is 1. The smallest absolute Gasteiger partial charge is 0.0805 e. The van der Waals surface area contributed by atoms with Gasteiger partial charge < -0.3 is 10.2 Å². The third-order valence-electron chi connectivity index (χ3n) is 11.1. The van der Waals surface area contributed by atoms with E-state index in [2.05, 4.69) is 31.8 Å². The summed E-state index contributed by atoms with van der Waals surface area (Å²) in [6.45, 7) is 9.63. The van der Waals surface area contributed by atoms with Crippen LogP contribution in [0.3, 0.4) is 0 Å². The SMILES string of the molecule is C[C@H](CCC(O)c1cccnc1)[C@H]1CC[C@H]2[C@@H]3CC=C4C[C@@](C)(O)CC[C@]4(C)C3CC[C@]12C. The molecule has 4 aliphatic carbocycles. The fourth-order valence-corrected chi connectivity index (χ4v) is 9.14. The van der Waals surface area contributed by atoms with Crippen molar-refractivity contribution in [3.8, 4) is 0 Å². The Morgan fingerprint density at radius 2 is 1.88 bits per heavy atom. The van der Waals surface area contributed by atoms with E-state index in [9.17, 15) is 10.2 Å². The summed E-state index contributed by atoms with van der Waals surface area (Å²) in [4.78, 5) is 4.18. The minimum absolute atomic E-state index is 0.310. The average Bonchev–Trinajstić information content (AvgIpc) is 3.15. The second-order valence-corrected chi connectivity index (χ2v) is 13.0. The maximum Gasteiger partial charge on any atom is 0.0805 e. The number of nitrogens with zero attached hydrogens (tertiary/aromatic N) is 1. The summed E-state index contributed by atoms with van der Waals surface area (Å²) in [6, 6.07) is 3.91. The molecule has 2 unspecified atom stereocenters. The molecule has 2 N–H and O–H groups in total. The molecular weight excluding hydrogens is 406 g/mol. The Balaban J connectivity index is 1.28. The van der Waals surface area contributed by atoms with Crippen LogP contribution in [0.1, 0.15) is 104 Å². The molecule has 33 heavy (non-hydrogen) atoms. The zero-order valence-corrected chi connectivity index (χ0v) is 21.3. The first kappa shape index (κ1) is 23.5. The van der Waals surface area contributed by atoms with Crippen LogP contribution in [0.15, 0.2) is 36.2 Å². The van der Waals surface area contributed by atoms with Gasteiger partial charge in [0.25, 0.3) is 0 Å². The van der Waals surface area contributed by atoms with E-state index in [4.69, 9.17) is 0 Å². The van der Waals surface area contributed by atoms with E-state index in [0.29, 0.717) is 16.7 Å². The Bertz CT molecular complexity index is 879. The first-order valence-corrected chi connectivity index (χ1v) is 13.6. The number of hydrogen-bond acceptors (Lipinski definition) is 3. The van der Waals surface area contributed by atoms with Gasteiger partial charge in [0.2, 0.25) is 0 Å². The highest BCUT2D eigenvalue weighted by molar-refractivity contribution is 5.26. The minimum atomic E-state index is -0.504. The summed E-state index contributed by atoms with van der Waals surface area (Å²) in [5, 5.41) is 21.4. The van der Waals surface area contributed by atoms with Crippen LogP contribution in [0.2, 0.25) is 0 Å². The summed E-state index contributed by atoms with van der Waals surface area (Å²) >= 11 is 0. The second-order valence-electron chi connectivity index (χ2n) is 13.0. The predicted octanol–water partition coefficient (Wildman–Crippen LogP) is 6.86. The van der Waals surface area contributed by atoms with Crippen molar-refractivity contribution >= 4 is 0 Å². The largest absolute Gasteiger partial charge is 0.390 e. The molecule has 0 saturated heterocycles. The van der Waals surface area contributed by atoms with E-state index in [-0.39, 0.29) is 0 Å². The van der Waals surface area contributed by atoms with E-state index in [0.717, 1.165) is 61.3 Å². The van der Waals surface area contributed by atoms with Crippen LogP contribution in [0.25, 0.3) is 0 Å². The molecule has 0 bridgehead atoms. The molecule has 5 rings (SSSR count). The van der Waals surface area contributed by atoms with Gasteiger partial charge >= 0.3 is 0 Å². The summed E-state index contributed by atoms with van der Waals surface area (Å²) in [5.74, 6) is 3.88. The quantitative estimate of drug-likeness (QED) is 0.481. The highest BCUT2D eigenvalue weighted by atomic mass is 16.3. The number of hydrogen-bond donors (Lipinski definition) is 2. The van der Waals surface area contributed by atoms with Gasteiger partial charge in [0.1, 0.15) is 0 Å². The molecular formula is C30H45NO2. The molecule has 182 valence electrons. The van der Waals surface area contributed by atoms with Gasteiger partial charge in [-0.3, -0.25) is 4.98 Å². The minimum Gasteiger partial charge on any atom is -0.390 e. The Hall–Kier alpha value is -1.19. The van der Waals surface area contributed by atoms with Crippen molar-refractivity contribution in [1.29, 1.82) is 0 Å². The lowest BCUT2D eigenvalue weighted by Gasteiger charge is -2.59. The maximum absolute atomic E-state index is 10.7. The van der Waals surface area contributed by atoms with Crippen LogP contribution in [-0.4, -0.2) is 20.8 Å². The number of allylic oxidation sites excluding steroid dienone is 1. The molecule has 1 aromatic heterocycles. The van der Waals surface area contributed by atoms with Crippen LogP contribution in [-0.2, 0) is 0 Å². The van der Waals surface area contributed by atoms with Gasteiger partial charge in [-0.05, 0) is 123 Å². The van der Waals surface area contributed by atoms with E-state index < -0.39 is 11.7 Å². The molecule has 3 saturated carbocycles. The number of fused-ring (bicyclic) bond motifs is 5. The zero-order chi connectivity index (χ0) is 23.4. The molecule has 3 fully saturated rings.